The Bertz CT molecular complexity index is 1690. The summed E-state index contributed by atoms with van der Waals surface area (Å²) >= 11 is 0. The van der Waals surface area contributed by atoms with Gasteiger partial charge in [-0.15, -0.1) is 0 Å². The topological polar surface area (TPSA) is 95.0 Å². The van der Waals surface area contributed by atoms with Crippen LogP contribution in [-0.4, -0.2) is 61.0 Å². The number of allylic oxidation sites excluding steroid dienone is 2. The Labute approximate surface area is 219 Å². The maximum atomic E-state index is 13.3. The fraction of sp³-hybridized carbons (Fsp3) is 0.286. The molecule has 1 aliphatic rings. The summed E-state index contributed by atoms with van der Waals surface area (Å²) in [5, 5.41) is 4.88. The summed E-state index contributed by atoms with van der Waals surface area (Å²) < 4.78 is 11.5. The van der Waals surface area contributed by atoms with Crippen LogP contribution in [0.15, 0.2) is 71.8 Å². The van der Waals surface area contributed by atoms with Gasteiger partial charge < -0.3 is 19.5 Å². The average Bonchev–Trinajstić information content (AvgIpc) is 3.44. The van der Waals surface area contributed by atoms with Gasteiger partial charge in [0.1, 0.15) is 5.39 Å². The number of benzene rings is 1. The number of nitrogens with zero attached hydrogens (tertiary/aromatic N) is 7. The highest BCUT2D eigenvalue weighted by Crippen LogP contribution is 2.24. The summed E-state index contributed by atoms with van der Waals surface area (Å²) in [6, 6.07) is 13.9. The van der Waals surface area contributed by atoms with Gasteiger partial charge in [-0.25, -0.2) is 14.3 Å². The number of fused-ring (bicyclic) bond motifs is 7. The molecule has 5 aromatic rings. The van der Waals surface area contributed by atoms with E-state index in [2.05, 4.69) is 69.3 Å². The Morgan fingerprint density at radius 1 is 1.11 bits per heavy atom. The number of pyridine rings is 1. The van der Waals surface area contributed by atoms with Crippen LogP contribution in [0.4, 0.5) is 11.6 Å². The van der Waals surface area contributed by atoms with E-state index in [1.165, 1.54) is 5.52 Å². The molecule has 1 N–H and O–H groups in total. The van der Waals surface area contributed by atoms with Crippen molar-refractivity contribution in [3.05, 3.63) is 77.4 Å². The number of ether oxygens (including phenoxy) is 1. The van der Waals surface area contributed by atoms with Gasteiger partial charge in [0, 0.05) is 48.1 Å². The standard InChI is InChI=1S/C28H30N8O2/c1-33(2)15-16-34-14-12-20-18-21(10-11-23(20)34)30-28-29-19-22-26(32-28)36-24-8-7-9-25(31-24)38-17-6-4-3-5-13-35(36)27(22)37/h3,5,7-12,14,18-19H,4,6,13,15-17H2,1-2H3,(H,29,30,32). The van der Waals surface area contributed by atoms with Gasteiger partial charge in [0.05, 0.1) is 13.2 Å². The van der Waals surface area contributed by atoms with E-state index in [0.717, 1.165) is 37.0 Å². The lowest BCUT2D eigenvalue weighted by atomic mass is 10.2. The Morgan fingerprint density at radius 2 is 2.03 bits per heavy atom. The van der Waals surface area contributed by atoms with E-state index in [-0.39, 0.29) is 5.56 Å². The Kier molecular flexibility index (Phi) is 6.38. The lowest BCUT2D eigenvalue weighted by Gasteiger charge is -2.13. The molecule has 4 aromatic heterocycles. The van der Waals surface area contributed by atoms with Crippen LogP contribution in [0.25, 0.3) is 27.8 Å². The van der Waals surface area contributed by atoms with Gasteiger partial charge in [0.15, 0.2) is 11.5 Å². The van der Waals surface area contributed by atoms with Crippen molar-refractivity contribution in [2.45, 2.75) is 25.9 Å². The lowest BCUT2D eigenvalue weighted by molar-refractivity contribution is 0.299. The number of hydrogen-bond acceptors (Lipinski definition) is 7. The predicted molar refractivity (Wildman–Crippen MR) is 149 cm³/mol. The molecule has 0 atom stereocenters. The van der Waals surface area contributed by atoms with E-state index < -0.39 is 0 Å². The van der Waals surface area contributed by atoms with Crippen molar-refractivity contribution < 1.29 is 4.74 Å². The highest BCUT2D eigenvalue weighted by molar-refractivity contribution is 5.85. The van der Waals surface area contributed by atoms with Crippen LogP contribution >= 0.6 is 0 Å². The Hall–Kier alpha value is -4.44. The Balaban J connectivity index is 1.38. The number of anilines is 2. The second-order valence-corrected chi connectivity index (χ2v) is 9.64. The largest absolute Gasteiger partial charge is 0.478 e. The van der Waals surface area contributed by atoms with E-state index >= 15 is 0 Å². The van der Waals surface area contributed by atoms with Gasteiger partial charge in [0.25, 0.3) is 5.56 Å². The van der Waals surface area contributed by atoms with Crippen molar-refractivity contribution in [2.24, 2.45) is 0 Å². The maximum Gasteiger partial charge on any atom is 0.278 e. The third-order valence-corrected chi connectivity index (χ3v) is 6.63. The zero-order valence-corrected chi connectivity index (χ0v) is 21.5. The minimum absolute atomic E-state index is 0.165. The molecule has 0 saturated carbocycles. The molecule has 0 unspecified atom stereocenters. The number of aromatic nitrogens is 6. The highest BCUT2D eigenvalue weighted by atomic mass is 16.5. The van der Waals surface area contributed by atoms with Crippen molar-refractivity contribution in [3.63, 3.8) is 0 Å². The van der Waals surface area contributed by atoms with E-state index in [0.29, 0.717) is 41.8 Å². The molecule has 10 nitrogen and oxygen atoms in total. The number of hydrogen-bond donors (Lipinski definition) is 1. The molecule has 0 amide bonds. The molecule has 6 rings (SSSR count). The van der Waals surface area contributed by atoms with Crippen LogP contribution in [0.5, 0.6) is 5.88 Å². The van der Waals surface area contributed by atoms with Gasteiger partial charge in [-0.2, -0.15) is 9.97 Å². The quantitative estimate of drug-likeness (QED) is 0.358. The second-order valence-electron chi connectivity index (χ2n) is 9.64. The molecule has 1 aliphatic heterocycles. The average molecular weight is 511 g/mol. The molecule has 0 fully saturated rings. The minimum atomic E-state index is -0.165. The van der Waals surface area contributed by atoms with Crippen molar-refractivity contribution >= 4 is 33.6 Å². The van der Waals surface area contributed by atoms with Gasteiger partial charge in [-0.1, -0.05) is 18.2 Å². The normalized spacial score (nSPS) is 13.8. The fourth-order valence-corrected chi connectivity index (χ4v) is 4.67. The molecule has 194 valence electrons. The van der Waals surface area contributed by atoms with E-state index in [9.17, 15) is 4.79 Å². The Morgan fingerprint density at radius 3 is 2.92 bits per heavy atom. The molecule has 5 heterocycles. The first-order valence-corrected chi connectivity index (χ1v) is 12.8. The molecule has 0 radical (unpaired) electrons. The SMILES string of the molecule is CN(C)CCn1ccc2cc(Nc3ncc4c(=O)n5n(c4n3)-c3cccc(n3)OCCCC=CC5)ccc21. The van der Waals surface area contributed by atoms with Crippen molar-refractivity contribution in [2.75, 3.05) is 32.6 Å². The molecule has 38 heavy (non-hydrogen) atoms. The van der Waals surface area contributed by atoms with E-state index in [1.807, 2.05) is 30.3 Å². The zero-order valence-electron chi connectivity index (χ0n) is 21.5. The van der Waals surface area contributed by atoms with Crippen LogP contribution in [-0.2, 0) is 13.1 Å². The summed E-state index contributed by atoms with van der Waals surface area (Å²) in [6.45, 7) is 2.89. The minimum Gasteiger partial charge on any atom is -0.478 e. The van der Waals surface area contributed by atoms with Gasteiger partial charge in [0.2, 0.25) is 11.8 Å². The van der Waals surface area contributed by atoms with Crippen LogP contribution in [0.3, 0.4) is 0 Å². The van der Waals surface area contributed by atoms with Gasteiger partial charge >= 0.3 is 0 Å². The van der Waals surface area contributed by atoms with Gasteiger partial charge in [-0.3, -0.25) is 4.79 Å². The summed E-state index contributed by atoms with van der Waals surface area (Å²) in [5.41, 5.74) is 2.36. The fourth-order valence-electron chi connectivity index (χ4n) is 4.67. The van der Waals surface area contributed by atoms with Crippen LogP contribution < -0.4 is 15.6 Å². The summed E-state index contributed by atoms with van der Waals surface area (Å²) in [4.78, 5) is 29.4. The molecule has 1 aromatic carbocycles. The molecule has 0 spiro atoms. The summed E-state index contributed by atoms with van der Waals surface area (Å²) in [5.74, 6) is 1.48. The molecule has 2 bridgehead atoms. The summed E-state index contributed by atoms with van der Waals surface area (Å²) in [7, 11) is 4.15. The summed E-state index contributed by atoms with van der Waals surface area (Å²) in [6.07, 6.45) is 9.51. The monoisotopic (exact) mass is 510 g/mol. The molecule has 10 heteroatoms. The van der Waals surface area contributed by atoms with Crippen molar-refractivity contribution in [3.8, 4) is 11.7 Å². The van der Waals surface area contributed by atoms with E-state index in [1.54, 1.807) is 15.6 Å². The zero-order chi connectivity index (χ0) is 26.1. The first-order chi connectivity index (χ1) is 18.6. The molecule has 0 aliphatic carbocycles. The number of nitrogens with one attached hydrogen (secondary N) is 1. The molecular formula is C28H30N8O2. The molecular weight excluding hydrogens is 480 g/mol. The van der Waals surface area contributed by atoms with Crippen LogP contribution in [0.2, 0.25) is 0 Å². The number of likely N-dealkylation sites (N-methyl/N-ethyl adjacent to an activating group) is 1. The van der Waals surface area contributed by atoms with E-state index in [4.69, 9.17) is 9.72 Å². The maximum absolute atomic E-state index is 13.3. The predicted octanol–water partition coefficient (Wildman–Crippen LogP) is 3.97. The smallest absolute Gasteiger partial charge is 0.278 e. The second kappa shape index (κ2) is 10.1. The first kappa shape index (κ1) is 23.9. The van der Waals surface area contributed by atoms with Crippen LogP contribution in [0, 0.1) is 0 Å². The highest BCUT2D eigenvalue weighted by Gasteiger charge is 2.18. The third-order valence-electron chi connectivity index (χ3n) is 6.63. The molecule has 0 saturated heterocycles. The first-order valence-electron chi connectivity index (χ1n) is 12.8. The van der Waals surface area contributed by atoms with Crippen LogP contribution in [0.1, 0.15) is 12.8 Å². The lowest BCUT2D eigenvalue weighted by Crippen LogP contribution is -2.22. The number of rotatable bonds is 5. The third kappa shape index (κ3) is 4.66. The van der Waals surface area contributed by atoms with Gasteiger partial charge in [-0.05, 0) is 57.3 Å². The van der Waals surface area contributed by atoms with Crippen molar-refractivity contribution in [1.29, 1.82) is 0 Å². The van der Waals surface area contributed by atoms with Crippen molar-refractivity contribution in [1.82, 2.24) is 33.8 Å².